The molecule has 0 aromatic heterocycles. The molecule has 0 bridgehead atoms. The van der Waals surface area contributed by atoms with Crippen LogP contribution in [0.5, 0.6) is 11.5 Å². The predicted molar refractivity (Wildman–Crippen MR) is 118 cm³/mol. The van der Waals surface area contributed by atoms with Crippen LogP contribution in [0.15, 0.2) is 47.5 Å². The van der Waals surface area contributed by atoms with Crippen molar-refractivity contribution in [2.45, 2.75) is 26.5 Å². The smallest absolute Gasteiger partial charge is 0.387 e. The Morgan fingerprint density at radius 1 is 1.07 bits per heavy atom. The van der Waals surface area contributed by atoms with Gasteiger partial charge in [-0.3, -0.25) is 4.99 Å². The Labute approximate surface area is 181 Å². The molecule has 2 aromatic rings. The molecular formula is C20H26F2IN3O2. The molecule has 0 fully saturated rings. The van der Waals surface area contributed by atoms with Gasteiger partial charge in [0.05, 0.1) is 7.11 Å². The van der Waals surface area contributed by atoms with E-state index in [-0.39, 0.29) is 29.7 Å². The zero-order valence-corrected chi connectivity index (χ0v) is 18.5. The van der Waals surface area contributed by atoms with Crippen molar-refractivity contribution in [3.63, 3.8) is 0 Å². The summed E-state index contributed by atoms with van der Waals surface area (Å²) in [5, 5.41) is 6.33. The van der Waals surface area contributed by atoms with Crippen molar-refractivity contribution in [2.24, 2.45) is 4.99 Å². The summed E-state index contributed by atoms with van der Waals surface area (Å²) in [6.07, 6.45) is 0.759. The van der Waals surface area contributed by atoms with Gasteiger partial charge in [0, 0.05) is 25.7 Å². The number of ether oxygens (including phenoxy) is 2. The van der Waals surface area contributed by atoms with Crippen molar-refractivity contribution >= 4 is 29.9 Å². The normalized spacial score (nSPS) is 11.0. The Morgan fingerprint density at radius 2 is 1.82 bits per heavy atom. The molecule has 28 heavy (non-hydrogen) atoms. The molecule has 5 nitrogen and oxygen atoms in total. The molecule has 2 rings (SSSR count). The van der Waals surface area contributed by atoms with Crippen LogP contribution in [0.25, 0.3) is 0 Å². The molecule has 0 saturated heterocycles. The molecule has 8 heteroatoms. The average molecular weight is 505 g/mol. The van der Waals surface area contributed by atoms with Crippen molar-refractivity contribution in [3.05, 3.63) is 59.2 Å². The second-order valence-corrected chi connectivity index (χ2v) is 5.90. The van der Waals surface area contributed by atoms with Crippen LogP contribution in [-0.2, 0) is 13.0 Å². The number of nitrogens with one attached hydrogen (secondary N) is 2. The van der Waals surface area contributed by atoms with E-state index in [0.717, 1.165) is 23.3 Å². The fourth-order valence-corrected chi connectivity index (χ4v) is 2.68. The first-order valence-corrected chi connectivity index (χ1v) is 8.64. The molecule has 0 aliphatic heterocycles. The summed E-state index contributed by atoms with van der Waals surface area (Å²) in [6.45, 7) is 0.00667. The summed E-state index contributed by atoms with van der Waals surface area (Å²) in [5.74, 6) is 1.58. The number of hydrogen-bond donors (Lipinski definition) is 2. The molecule has 0 saturated carbocycles. The van der Waals surface area contributed by atoms with Crippen molar-refractivity contribution in [1.29, 1.82) is 0 Å². The van der Waals surface area contributed by atoms with E-state index < -0.39 is 6.61 Å². The number of hydrogen-bond acceptors (Lipinski definition) is 3. The van der Waals surface area contributed by atoms with Gasteiger partial charge >= 0.3 is 6.61 Å². The highest BCUT2D eigenvalue weighted by Crippen LogP contribution is 2.22. The average Bonchev–Trinajstić information content (AvgIpc) is 2.66. The first-order valence-electron chi connectivity index (χ1n) is 8.64. The van der Waals surface area contributed by atoms with E-state index >= 15 is 0 Å². The summed E-state index contributed by atoms with van der Waals surface area (Å²) in [4.78, 5) is 4.16. The fourth-order valence-electron chi connectivity index (χ4n) is 2.68. The van der Waals surface area contributed by atoms with Crippen LogP contribution >= 0.6 is 24.0 Å². The van der Waals surface area contributed by atoms with Gasteiger partial charge in [0.1, 0.15) is 11.5 Å². The second kappa shape index (κ2) is 12.4. The highest BCUT2D eigenvalue weighted by Gasteiger charge is 2.10. The summed E-state index contributed by atoms with van der Waals surface area (Å²) in [5.41, 5.74) is 2.70. The lowest BCUT2D eigenvalue weighted by atomic mass is 10.1. The minimum absolute atomic E-state index is 0. The summed E-state index contributed by atoms with van der Waals surface area (Å²) in [7, 11) is 3.30. The Hall–Kier alpha value is -2.10. The number of aliphatic imine (C=N–C) groups is 1. The molecule has 2 N–H and O–H groups in total. The molecule has 0 atom stereocenters. The van der Waals surface area contributed by atoms with Gasteiger partial charge in [0.15, 0.2) is 5.96 Å². The lowest BCUT2D eigenvalue weighted by Crippen LogP contribution is -2.38. The highest BCUT2D eigenvalue weighted by atomic mass is 127. The number of benzene rings is 2. The van der Waals surface area contributed by atoms with Gasteiger partial charge in [-0.25, -0.2) is 0 Å². The number of guanidine groups is 1. The Kier molecular flexibility index (Phi) is 10.6. The monoisotopic (exact) mass is 505 g/mol. The Morgan fingerprint density at radius 3 is 2.50 bits per heavy atom. The van der Waals surface area contributed by atoms with E-state index in [1.807, 2.05) is 37.3 Å². The summed E-state index contributed by atoms with van der Waals surface area (Å²) >= 11 is 0. The maximum Gasteiger partial charge on any atom is 0.387 e. The van der Waals surface area contributed by atoms with Gasteiger partial charge in [-0.2, -0.15) is 8.78 Å². The first-order chi connectivity index (χ1) is 13.0. The Bertz CT molecular complexity index is 773. The minimum atomic E-state index is -2.86. The van der Waals surface area contributed by atoms with E-state index in [1.165, 1.54) is 0 Å². The highest BCUT2D eigenvalue weighted by molar-refractivity contribution is 14.0. The lowest BCUT2D eigenvalue weighted by Gasteiger charge is -2.15. The molecule has 0 radical (unpaired) electrons. The number of rotatable bonds is 8. The van der Waals surface area contributed by atoms with Gasteiger partial charge in [-0.15, -0.1) is 24.0 Å². The van der Waals surface area contributed by atoms with E-state index in [4.69, 9.17) is 4.74 Å². The minimum Gasteiger partial charge on any atom is -0.496 e. The van der Waals surface area contributed by atoms with Crippen molar-refractivity contribution in [2.75, 3.05) is 20.7 Å². The maximum atomic E-state index is 12.6. The number of para-hydroxylation sites is 1. The fraction of sp³-hybridized carbons (Fsp3) is 0.350. The van der Waals surface area contributed by atoms with Crippen molar-refractivity contribution in [1.82, 2.24) is 10.6 Å². The topological polar surface area (TPSA) is 54.9 Å². The van der Waals surface area contributed by atoms with Crippen LogP contribution in [-0.4, -0.2) is 33.3 Å². The molecule has 0 heterocycles. The van der Waals surface area contributed by atoms with E-state index in [1.54, 1.807) is 26.3 Å². The second-order valence-electron chi connectivity index (χ2n) is 5.90. The van der Waals surface area contributed by atoms with Gasteiger partial charge < -0.3 is 20.1 Å². The van der Waals surface area contributed by atoms with Crippen molar-refractivity contribution in [3.8, 4) is 11.5 Å². The maximum absolute atomic E-state index is 12.6. The van der Waals surface area contributed by atoms with Crippen LogP contribution < -0.4 is 20.1 Å². The van der Waals surface area contributed by atoms with Gasteiger partial charge in [0.25, 0.3) is 0 Å². The molecule has 0 aliphatic carbocycles. The third-order valence-electron chi connectivity index (χ3n) is 3.98. The molecule has 2 aromatic carbocycles. The standard InChI is InChI=1S/C20H25F2N3O2.HI/c1-14-8-9-18(27-19(21)22)16(12-14)13-25-20(23-2)24-11-10-15-6-4-5-7-17(15)26-3;/h4-9,12,19H,10-11,13H2,1-3H3,(H2,23,24,25);1H. The van der Waals surface area contributed by atoms with Crippen LogP contribution in [0.4, 0.5) is 8.78 Å². The molecule has 0 unspecified atom stereocenters. The number of nitrogens with zero attached hydrogens (tertiary/aromatic N) is 1. The Balaban J connectivity index is 0.00000392. The largest absolute Gasteiger partial charge is 0.496 e. The van der Waals surface area contributed by atoms with Crippen LogP contribution in [0.3, 0.4) is 0 Å². The lowest BCUT2D eigenvalue weighted by molar-refractivity contribution is -0.0504. The number of methoxy groups -OCH3 is 1. The molecule has 0 aliphatic rings. The van der Waals surface area contributed by atoms with Gasteiger partial charge in [-0.1, -0.05) is 35.9 Å². The summed E-state index contributed by atoms with van der Waals surface area (Å²) < 4.78 is 35.1. The van der Waals surface area contributed by atoms with Crippen LogP contribution in [0.1, 0.15) is 16.7 Å². The van der Waals surface area contributed by atoms with Crippen LogP contribution in [0, 0.1) is 6.92 Å². The number of aryl methyl sites for hydroxylation is 1. The molecule has 0 spiro atoms. The third kappa shape index (κ3) is 7.49. The van der Waals surface area contributed by atoms with E-state index in [9.17, 15) is 8.78 Å². The zero-order chi connectivity index (χ0) is 19.6. The van der Waals surface area contributed by atoms with E-state index in [2.05, 4.69) is 20.4 Å². The molecular weight excluding hydrogens is 479 g/mol. The number of halogens is 3. The van der Waals surface area contributed by atoms with Gasteiger partial charge in [-0.05, 0) is 31.0 Å². The predicted octanol–water partition coefficient (Wildman–Crippen LogP) is 4.13. The first kappa shape index (κ1) is 23.9. The zero-order valence-electron chi connectivity index (χ0n) is 16.2. The SMILES string of the molecule is CN=C(NCCc1ccccc1OC)NCc1cc(C)ccc1OC(F)F.I. The summed E-state index contributed by atoms with van der Waals surface area (Å²) in [6, 6.07) is 12.9. The number of alkyl halides is 2. The van der Waals surface area contributed by atoms with E-state index in [0.29, 0.717) is 24.6 Å². The quantitative estimate of drug-likeness (QED) is 0.322. The van der Waals surface area contributed by atoms with Gasteiger partial charge in [0.2, 0.25) is 0 Å². The van der Waals surface area contributed by atoms with Crippen LogP contribution in [0.2, 0.25) is 0 Å². The third-order valence-corrected chi connectivity index (χ3v) is 3.98. The molecule has 0 amide bonds. The van der Waals surface area contributed by atoms with Crippen molar-refractivity contribution < 1.29 is 18.3 Å². The molecule has 154 valence electrons.